The van der Waals surface area contributed by atoms with E-state index in [4.69, 9.17) is 25.8 Å². The van der Waals surface area contributed by atoms with E-state index in [1.807, 2.05) is 25.1 Å². The minimum atomic E-state index is -0.720. The van der Waals surface area contributed by atoms with E-state index in [1.54, 1.807) is 32.0 Å². The highest BCUT2D eigenvalue weighted by Crippen LogP contribution is 2.49. The summed E-state index contributed by atoms with van der Waals surface area (Å²) in [4.78, 5) is 26.6. The Morgan fingerprint density at radius 1 is 1.09 bits per heavy atom. The van der Waals surface area contributed by atoms with Gasteiger partial charge in [-0.05, 0) is 32.4 Å². The van der Waals surface area contributed by atoms with E-state index in [-0.39, 0.29) is 12.4 Å². The van der Waals surface area contributed by atoms with Crippen molar-refractivity contribution in [3.8, 4) is 11.5 Å². The molecule has 32 heavy (non-hydrogen) atoms. The molecule has 0 spiro atoms. The van der Waals surface area contributed by atoms with Gasteiger partial charge in [0, 0.05) is 33.5 Å². The Bertz CT molecular complexity index is 1180. The number of dihydropyridines is 1. The number of carbonyl (C=O) groups excluding carboxylic acids is 2. The van der Waals surface area contributed by atoms with Crippen molar-refractivity contribution in [1.29, 1.82) is 0 Å². The average molecular weight is 454 g/mol. The molecule has 166 valence electrons. The molecule has 1 aliphatic carbocycles. The third-order valence-corrected chi connectivity index (χ3v) is 5.97. The Hall–Kier alpha value is -3.25. The van der Waals surface area contributed by atoms with Crippen molar-refractivity contribution in [3.05, 3.63) is 75.0 Å². The zero-order valence-electron chi connectivity index (χ0n) is 18.4. The summed E-state index contributed by atoms with van der Waals surface area (Å²) in [5, 5.41) is 3.64. The Labute approximate surface area is 191 Å². The van der Waals surface area contributed by atoms with Crippen LogP contribution in [0.25, 0.3) is 5.70 Å². The van der Waals surface area contributed by atoms with Crippen LogP contribution in [0.5, 0.6) is 11.5 Å². The molecular weight excluding hydrogens is 430 g/mol. The Kier molecular flexibility index (Phi) is 5.98. The standard InChI is InChI=1S/C25H24ClNO5/c1-5-31-19-12-17(26)16(11-18(19)30-4)21-20(25(29)32-6-2)13(3)27-23-14-9-7-8-10-15(14)24(28)22(21)23/h7-12,21,27H,5-6H2,1-4H3/t21-/m0/s1. The van der Waals surface area contributed by atoms with Crippen molar-refractivity contribution in [2.24, 2.45) is 0 Å². The van der Waals surface area contributed by atoms with Crippen molar-refractivity contribution < 1.29 is 23.8 Å². The van der Waals surface area contributed by atoms with E-state index in [0.717, 1.165) is 5.56 Å². The third-order valence-electron chi connectivity index (χ3n) is 5.64. The van der Waals surface area contributed by atoms with Gasteiger partial charge in [-0.25, -0.2) is 4.79 Å². The molecule has 0 fully saturated rings. The second-order valence-corrected chi connectivity index (χ2v) is 7.85. The molecule has 0 unspecified atom stereocenters. The highest BCUT2D eigenvalue weighted by Gasteiger charge is 2.43. The Morgan fingerprint density at radius 2 is 1.81 bits per heavy atom. The summed E-state index contributed by atoms with van der Waals surface area (Å²) in [6.45, 7) is 6.06. The molecule has 0 radical (unpaired) electrons. The second-order valence-electron chi connectivity index (χ2n) is 7.44. The second kappa shape index (κ2) is 8.71. The fourth-order valence-corrected chi connectivity index (χ4v) is 4.58. The van der Waals surface area contributed by atoms with E-state index in [2.05, 4.69) is 5.32 Å². The number of ether oxygens (including phenoxy) is 3. The van der Waals surface area contributed by atoms with Gasteiger partial charge in [0.1, 0.15) is 0 Å². The number of halogens is 1. The van der Waals surface area contributed by atoms with Crippen molar-refractivity contribution in [2.75, 3.05) is 20.3 Å². The van der Waals surface area contributed by atoms with Crippen molar-refractivity contribution in [3.63, 3.8) is 0 Å². The number of fused-ring (bicyclic) bond motifs is 2. The molecule has 2 aromatic carbocycles. The van der Waals surface area contributed by atoms with Crippen molar-refractivity contribution in [1.82, 2.24) is 5.32 Å². The number of hydrogen-bond acceptors (Lipinski definition) is 6. The van der Waals surface area contributed by atoms with Gasteiger partial charge in [-0.1, -0.05) is 35.9 Å². The first-order chi connectivity index (χ1) is 15.4. The highest BCUT2D eigenvalue weighted by molar-refractivity contribution is 6.32. The van der Waals surface area contributed by atoms with E-state index in [1.165, 1.54) is 7.11 Å². The molecule has 0 saturated carbocycles. The number of methoxy groups -OCH3 is 1. The van der Waals surface area contributed by atoms with Gasteiger partial charge in [0.2, 0.25) is 0 Å². The average Bonchev–Trinajstić information content (AvgIpc) is 3.05. The highest BCUT2D eigenvalue weighted by atomic mass is 35.5. The number of rotatable bonds is 6. The number of nitrogens with one attached hydrogen (secondary N) is 1. The quantitative estimate of drug-likeness (QED) is 0.628. The summed E-state index contributed by atoms with van der Waals surface area (Å²) in [6, 6.07) is 10.8. The number of Topliss-reactive ketones (excluding diaryl/α,β-unsaturated/α-hetero) is 1. The van der Waals surface area contributed by atoms with Gasteiger partial charge < -0.3 is 19.5 Å². The number of allylic oxidation sites excluding steroid dienone is 2. The predicted molar refractivity (Wildman–Crippen MR) is 122 cm³/mol. The third kappa shape index (κ3) is 3.45. The van der Waals surface area contributed by atoms with Gasteiger partial charge in [-0.3, -0.25) is 4.79 Å². The molecule has 1 atom stereocenters. The van der Waals surface area contributed by atoms with Gasteiger partial charge in [0.05, 0.1) is 37.5 Å². The van der Waals surface area contributed by atoms with Gasteiger partial charge in [0.15, 0.2) is 17.3 Å². The van der Waals surface area contributed by atoms with Crippen LogP contribution in [0.4, 0.5) is 0 Å². The van der Waals surface area contributed by atoms with Crippen LogP contribution in [0.2, 0.25) is 5.02 Å². The molecule has 0 aromatic heterocycles. The van der Waals surface area contributed by atoms with Crippen LogP contribution in [0.3, 0.4) is 0 Å². The summed E-state index contributed by atoms with van der Waals surface area (Å²) in [5.41, 5.74) is 4.07. The maximum Gasteiger partial charge on any atom is 0.336 e. The summed E-state index contributed by atoms with van der Waals surface area (Å²) in [7, 11) is 1.53. The smallest absolute Gasteiger partial charge is 0.336 e. The first-order valence-corrected chi connectivity index (χ1v) is 10.8. The van der Waals surface area contributed by atoms with Gasteiger partial charge >= 0.3 is 5.97 Å². The molecule has 1 N–H and O–H groups in total. The van der Waals surface area contributed by atoms with Crippen LogP contribution >= 0.6 is 11.6 Å². The zero-order valence-corrected chi connectivity index (χ0v) is 19.1. The first-order valence-electron chi connectivity index (χ1n) is 10.5. The van der Waals surface area contributed by atoms with E-state index in [0.29, 0.717) is 56.8 Å². The monoisotopic (exact) mass is 453 g/mol. The lowest BCUT2D eigenvalue weighted by Crippen LogP contribution is -2.29. The fraction of sp³-hybridized carbons (Fsp3) is 0.280. The van der Waals surface area contributed by atoms with Crippen LogP contribution in [-0.2, 0) is 9.53 Å². The first kappa shape index (κ1) is 22.0. The summed E-state index contributed by atoms with van der Waals surface area (Å²) in [5.74, 6) is -0.405. The molecule has 4 rings (SSSR count). The van der Waals surface area contributed by atoms with Gasteiger partial charge in [-0.15, -0.1) is 0 Å². The minimum absolute atomic E-state index is 0.147. The zero-order chi connectivity index (χ0) is 23.0. The summed E-state index contributed by atoms with van der Waals surface area (Å²) in [6.07, 6.45) is 0. The van der Waals surface area contributed by atoms with E-state index in [9.17, 15) is 9.59 Å². The topological polar surface area (TPSA) is 73.9 Å². The molecule has 2 aromatic rings. The maximum atomic E-state index is 13.5. The SMILES string of the molecule is CCOC(=O)C1=C(C)NC2=C(C(=O)c3ccccc32)[C@H]1c1cc(OC)c(OCC)cc1Cl. The molecular formula is C25H24ClNO5. The predicted octanol–water partition coefficient (Wildman–Crippen LogP) is 4.88. The van der Waals surface area contributed by atoms with Crippen molar-refractivity contribution >= 4 is 29.1 Å². The largest absolute Gasteiger partial charge is 0.493 e. The molecule has 1 aliphatic heterocycles. The molecule has 2 aliphatic rings. The van der Waals surface area contributed by atoms with Crippen LogP contribution in [0.15, 0.2) is 53.2 Å². The summed E-state index contributed by atoms with van der Waals surface area (Å²) >= 11 is 6.71. The lowest BCUT2D eigenvalue weighted by Gasteiger charge is -2.30. The fourth-order valence-electron chi connectivity index (χ4n) is 4.32. The van der Waals surface area contributed by atoms with Crippen LogP contribution in [-0.4, -0.2) is 32.1 Å². The van der Waals surface area contributed by atoms with E-state index < -0.39 is 11.9 Å². The Balaban J connectivity index is 1.96. The molecule has 6 nitrogen and oxygen atoms in total. The van der Waals surface area contributed by atoms with Crippen molar-refractivity contribution in [2.45, 2.75) is 26.7 Å². The molecule has 0 saturated heterocycles. The van der Waals surface area contributed by atoms with Gasteiger partial charge in [-0.2, -0.15) is 0 Å². The number of ketones is 1. The van der Waals surface area contributed by atoms with Gasteiger partial charge in [0.25, 0.3) is 0 Å². The molecule has 0 amide bonds. The van der Waals surface area contributed by atoms with Crippen LogP contribution in [0.1, 0.15) is 48.2 Å². The van der Waals surface area contributed by atoms with Crippen LogP contribution in [0, 0.1) is 0 Å². The number of carbonyl (C=O) groups is 2. The van der Waals surface area contributed by atoms with Crippen LogP contribution < -0.4 is 14.8 Å². The maximum absolute atomic E-state index is 13.5. The number of benzene rings is 2. The molecule has 1 heterocycles. The summed E-state index contributed by atoms with van der Waals surface area (Å²) < 4.78 is 16.5. The lowest BCUT2D eigenvalue weighted by atomic mass is 9.79. The molecule has 0 bridgehead atoms. The molecule has 7 heteroatoms. The lowest BCUT2D eigenvalue weighted by molar-refractivity contribution is -0.138. The minimum Gasteiger partial charge on any atom is -0.493 e. The number of hydrogen-bond donors (Lipinski definition) is 1. The Morgan fingerprint density at radius 3 is 2.47 bits per heavy atom. The van der Waals surface area contributed by atoms with E-state index >= 15 is 0 Å². The normalized spacial score (nSPS) is 17.0. The number of esters is 1.